The lowest BCUT2D eigenvalue weighted by atomic mass is 9.90. The van der Waals surface area contributed by atoms with Crippen LogP contribution in [0, 0.1) is 5.41 Å². The molecule has 0 radical (unpaired) electrons. The zero-order chi connectivity index (χ0) is 9.07. The molecule has 0 N–H and O–H groups in total. The van der Waals surface area contributed by atoms with Gasteiger partial charge in [-0.3, -0.25) is 4.79 Å². The van der Waals surface area contributed by atoms with Crippen LogP contribution < -0.4 is 0 Å². The van der Waals surface area contributed by atoms with Crippen molar-refractivity contribution in [3.05, 3.63) is 0 Å². The molecule has 0 aromatic rings. The third kappa shape index (κ3) is 5.95. The highest BCUT2D eigenvalue weighted by molar-refractivity contribution is 5.81. The molecule has 0 bridgehead atoms. The number of carbonyl (C=O) groups excluding carboxylic acids is 1. The molecule has 0 aliphatic rings. The summed E-state index contributed by atoms with van der Waals surface area (Å²) in [6.07, 6.45) is -2.28. The summed E-state index contributed by atoms with van der Waals surface area (Å²) in [6, 6.07) is 0. The highest BCUT2D eigenvalue weighted by atomic mass is 19.3. The second kappa shape index (κ2) is 3.79. The van der Waals surface area contributed by atoms with E-state index < -0.39 is 12.2 Å². The van der Waals surface area contributed by atoms with Crippen LogP contribution in [0.4, 0.5) is 8.78 Å². The standard InChI is InChI=1S/C8H14F2O/c1-8(2,3)5-4-6(11)7(9)10/h7H,4-5H2,1-3H3. The molecule has 11 heavy (non-hydrogen) atoms. The Morgan fingerprint density at radius 3 is 2.09 bits per heavy atom. The van der Waals surface area contributed by atoms with Crippen LogP contribution in [0.25, 0.3) is 0 Å². The summed E-state index contributed by atoms with van der Waals surface area (Å²) in [5.41, 5.74) is -0.0372. The number of Topliss-reactive ketones (excluding diaryl/α,β-unsaturated/α-hetero) is 1. The highest BCUT2D eigenvalue weighted by Gasteiger charge is 2.18. The van der Waals surface area contributed by atoms with Crippen LogP contribution in [-0.4, -0.2) is 12.2 Å². The van der Waals surface area contributed by atoms with Crippen molar-refractivity contribution in [2.24, 2.45) is 5.41 Å². The van der Waals surface area contributed by atoms with E-state index in [4.69, 9.17) is 0 Å². The molecule has 66 valence electrons. The normalized spacial score (nSPS) is 12.2. The van der Waals surface area contributed by atoms with Crippen LogP contribution in [0.2, 0.25) is 0 Å². The Kier molecular flexibility index (Phi) is 3.63. The molecule has 0 aromatic heterocycles. The molecule has 0 amide bonds. The molecule has 0 spiro atoms. The van der Waals surface area contributed by atoms with E-state index >= 15 is 0 Å². The number of alkyl halides is 2. The van der Waals surface area contributed by atoms with Crippen LogP contribution in [-0.2, 0) is 4.79 Å². The minimum atomic E-state index is -2.79. The smallest absolute Gasteiger partial charge is 0.293 e. The second-order valence-electron chi connectivity index (χ2n) is 3.83. The lowest BCUT2D eigenvalue weighted by molar-refractivity contribution is -0.130. The second-order valence-corrected chi connectivity index (χ2v) is 3.83. The summed E-state index contributed by atoms with van der Waals surface area (Å²) in [6.45, 7) is 5.77. The van der Waals surface area contributed by atoms with Gasteiger partial charge in [-0.05, 0) is 11.8 Å². The molecule has 0 saturated carbocycles. The first-order chi connectivity index (χ1) is 4.83. The average Bonchev–Trinajstić information content (AvgIpc) is 1.80. The van der Waals surface area contributed by atoms with Crippen molar-refractivity contribution < 1.29 is 13.6 Å². The van der Waals surface area contributed by atoms with Gasteiger partial charge < -0.3 is 0 Å². The summed E-state index contributed by atoms with van der Waals surface area (Å²) in [5, 5.41) is 0. The molecular formula is C8H14F2O. The van der Waals surface area contributed by atoms with Crippen LogP contribution >= 0.6 is 0 Å². The van der Waals surface area contributed by atoms with E-state index in [1.807, 2.05) is 20.8 Å². The van der Waals surface area contributed by atoms with Crippen molar-refractivity contribution in [2.45, 2.75) is 40.0 Å². The molecule has 0 aliphatic heterocycles. The van der Waals surface area contributed by atoms with Crippen molar-refractivity contribution >= 4 is 5.78 Å². The number of hydrogen-bond donors (Lipinski definition) is 0. The van der Waals surface area contributed by atoms with Crippen molar-refractivity contribution in [2.75, 3.05) is 0 Å². The summed E-state index contributed by atoms with van der Waals surface area (Å²) in [4.78, 5) is 10.4. The van der Waals surface area contributed by atoms with Crippen molar-refractivity contribution in [3.8, 4) is 0 Å². The molecule has 0 aliphatic carbocycles. The maximum Gasteiger partial charge on any atom is 0.295 e. The SMILES string of the molecule is CC(C)(C)CCC(=O)C(F)F. The first kappa shape index (κ1) is 10.5. The summed E-state index contributed by atoms with van der Waals surface area (Å²) in [5.74, 6) is -0.945. The van der Waals surface area contributed by atoms with Crippen LogP contribution in [0.3, 0.4) is 0 Å². The molecule has 0 aromatic carbocycles. The lowest BCUT2D eigenvalue weighted by Gasteiger charge is -2.16. The fourth-order valence-electron chi connectivity index (χ4n) is 0.607. The van der Waals surface area contributed by atoms with E-state index in [1.165, 1.54) is 0 Å². The molecule has 0 atom stereocenters. The number of halogens is 2. The quantitative estimate of drug-likeness (QED) is 0.626. The summed E-state index contributed by atoms with van der Waals surface area (Å²) < 4.78 is 23.3. The highest BCUT2D eigenvalue weighted by Crippen LogP contribution is 2.21. The zero-order valence-corrected chi connectivity index (χ0v) is 7.16. The van der Waals surface area contributed by atoms with E-state index in [0.29, 0.717) is 6.42 Å². The van der Waals surface area contributed by atoms with Crippen molar-refractivity contribution in [1.82, 2.24) is 0 Å². The molecular weight excluding hydrogens is 150 g/mol. The first-order valence-electron chi connectivity index (χ1n) is 3.64. The maximum absolute atomic E-state index is 11.7. The Hall–Kier alpha value is -0.470. The number of rotatable bonds is 3. The van der Waals surface area contributed by atoms with Gasteiger partial charge in [0.25, 0.3) is 6.43 Å². The number of hydrogen-bond acceptors (Lipinski definition) is 1. The van der Waals surface area contributed by atoms with Crippen LogP contribution in [0.1, 0.15) is 33.6 Å². The number of ketones is 1. The predicted octanol–water partition coefficient (Wildman–Crippen LogP) is 2.65. The molecule has 3 heteroatoms. The molecule has 1 nitrogen and oxygen atoms in total. The zero-order valence-electron chi connectivity index (χ0n) is 7.16. The Labute approximate surface area is 65.8 Å². The van der Waals surface area contributed by atoms with Crippen molar-refractivity contribution in [3.63, 3.8) is 0 Å². The van der Waals surface area contributed by atoms with Gasteiger partial charge in [0.05, 0.1) is 0 Å². The molecule has 0 unspecified atom stereocenters. The summed E-state index contributed by atoms with van der Waals surface area (Å²) in [7, 11) is 0. The van der Waals surface area contributed by atoms with Crippen molar-refractivity contribution in [1.29, 1.82) is 0 Å². The van der Waals surface area contributed by atoms with Crippen LogP contribution in [0.15, 0.2) is 0 Å². The molecule has 0 heterocycles. The average molecular weight is 164 g/mol. The maximum atomic E-state index is 11.7. The van der Waals surface area contributed by atoms with Gasteiger partial charge in [0.1, 0.15) is 0 Å². The Morgan fingerprint density at radius 1 is 1.36 bits per heavy atom. The monoisotopic (exact) mass is 164 g/mol. The van der Waals surface area contributed by atoms with E-state index in [1.54, 1.807) is 0 Å². The van der Waals surface area contributed by atoms with Gasteiger partial charge in [0, 0.05) is 6.42 Å². The van der Waals surface area contributed by atoms with Gasteiger partial charge in [-0.1, -0.05) is 20.8 Å². The van der Waals surface area contributed by atoms with Crippen LogP contribution in [0.5, 0.6) is 0 Å². The predicted molar refractivity (Wildman–Crippen MR) is 39.7 cm³/mol. The Balaban J connectivity index is 3.64. The third-order valence-electron chi connectivity index (χ3n) is 1.36. The minimum absolute atomic E-state index is 0.0127. The van der Waals surface area contributed by atoms with Gasteiger partial charge in [-0.2, -0.15) is 0 Å². The van der Waals surface area contributed by atoms with Gasteiger partial charge >= 0.3 is 0 Å². The Bertz CT molecular complexity index is 136. The molecule has 0 rings (SSSR count). The largest absolute Gasteiger partial charge is 0.295 e. The fourth-order valence-corrected chi connectivity index (χ4v) is 0.607. The number of carbonyl (C=O) groups is 1. The van der Waals surface area contributed by atoms with E-state index in [9.17, 15) is 13.6 Å². The van der Waals surface area contributed by atoms with E-state index in [2.05, 4.69) is 0 Å². The first-order valence-corrected chi connectivity index (χ1v) is 3.64. The van der Waals surface area contributed by atoms with E-state index in [-0.39, 0.29) is 11.8 Å². The van der Waals surface area contributed by atoms with Gasteiger partial charge in [0.2, 0.25) is 0 Å². The lowest BCUT2D eigenvalue weighted by Crippen LogP contribution is -2.14. The van der Waals surface area contributed by atoms with E-state index in [0.717, 1.165) is 0 Å². The minimum Gasteiger partial charge on any atom is -0.293 e. The molecule has 0 fully saturated rings. The third-order valence-corrected chi connectivity index (χ3v) is 1.36. The van der Waals surface area contributed by atoms with Gasteiger partial charge in [0.15, 0.2) is 5.78 Å². The fraction of sp³-hybridized carbons (Fsp3) is 0.875. The van der Waals surface area contributed by atoms with Gasteiger partial charge in [-0.15, -0.1) is 0 Å². The molecule has 0 saturated heterocycles. The summed E-state index contributed by atoms with van der Waals surface area (Å²) >= 11 is 0. The van der Waals surface area contributed by atoms with Gasteiger partial charge in [-0.25, -0.2) is 8.78 Å². The Morgan fingerprint density at radius 2 is 1.82 bits per heavy atom. The topological polar surface area (TPSA) is 17.1 Å².